The smallest absolute Gasteiger partial charge is 0.142 e. The van der Waals surface area contributed by atoms with E-state index in [1.54, 1.807) is 6.07 Å². The first-order valence-electron chi connectivity index (χ1n) is 6.11. The van der Waals surface area contributed by atoms with Gasteiger partial charge in [0, 0.05) is 6.42 Å². The van der Waals surface area contributed by atoms with Gasteiger partial charge in [0.1, 0.15) is 11.6 Å². The van der Waals surface area contributed by atoms with Gasteiger partial charge in [-0.15, -0.1) is 0 Å². The summed E-state index contributed by atoms with van der Waals surface area (Å²) in [7, 11) is 0. The predicted octanol–water partition coefficient (Wildman–Crippen LogP) is 3.46. The fourth-order valence-corrected chi connectivity index (χ4v) is 2.42. The third-order valence-corrected chi connectivity index (χ3v) is 3.68. The van der Waals surface area contributed by atoms with Crippen LogP contribution >= 0.6 is 11.6 Å². The van der Waals surface area contributed by atoms with Gasteiger partial charge in [-0.05, 0) is 34.9 Å². The van der Waals surface area contributed by atoms with Gasteiger partial charge in [-0.2, -0.15) is 0 Å². The number of ether oxygens (including phenoxy) is 1. The van der Waals surface area contributed by atoms with E-state index in [0.29, 0.717) is 12.2 Å². The van der Waals surface area contributed by atoms with Crippen molar-refractivity contribution in [3.63, 3.8) is 0 Å². The lowest BCUT2D eigenvalue weighted by Gasteiger charge is -2.14. The molecule has 98 valence electrons. The van der Waals surface area contributed by atoms with Gasteiger partial charge in [-0.25, -0.2) is 4.39 Å². The first kappa shape index (κ1) is 12.5. The maximum atomic E-state index is 13.5. The zero-order valence-electron chi connectivity index (χ0n) is 10.2. The number of hydrogen-bond donors (Lipinski definition) is 1. The zero-order chi connectivity index (χ0) is 13.4. The van der Waals surface area contributed by atoms with Gasteiger partial charge in [-0.3, -0.25) is 0 Å². The molecule has 3 rings (SSSR count). The second kappa shape index (κ2) is 4.83. The molecule has 0 saturated heterocycles. The minimum Gasteiger partial charge on any atom is -0.493 e. The monoisotopic (exact) mass is 277 g/mol. The normalized spacial score (nSPS) is 14.9. The molecule has 0 spiro atoms. The topological polar surface area (TPSA) is 35.2 Å². The molecule has 0 radical (unpaired) electrons. The highest BCUT2D eigenvalue weighted by molar-refractivity contribution is 6.30. The van der Waals surface area contributed by atoms with Crippen molar-refractivity contribution < 1.29 is 9.13 Å². The molecule has 19 heavy (non-hydrogen) atoms. The van der Waals surface area contributed by atoms with Crippen LogP contribution in [0.1, 0.15) is 22.7 Å². The quantitative estimate of drug-likeness (QED) is 0.912. The predicted molar refractivity (Wildman–Crippen MR) is 73.1 cm³/mol. The minimum atomic E-state index is -0.445. The first-order valence-corrected chi connectivity index (χ1v) is 6.49. The molecule has 0 saturated carbocycles. The standard InChI is InChI=1S/C15H13ClFNO/c16-12-3-1-11(8-13(12)17)15(18)10-2-4-14-9(7-10)5-6-19-14/h1-4,7-8,15H,5-6,18H2. The number of benzene rings is 2. The summed E-state index contributed by atoms with van der Waals surface area (Å²) in [5.74, 6) is 0.470. The van der Waals surface area contributed by atoms with Crippen LogP contribution in [0.5, 0.6) is 5.75 Å². The van der Waals surface area contributed by atoms with E-state index >= 15 is 0 Å². The molecule has 0 aromatic heterocycles. The van der Waals surface area contributed by atoms with Gasteiger partial charge >= 0.3 is 0 Å². The lowest BCUT2D eigenvalue weighted by Crippen LogP contribution is -2.12. The summed E-state index contributed by atoms with van der Waals surface area (Å²) in [5.41, 5.74) is 8.99. The van der Waals surface area contributed by atoms with Crippen molar-refractivity contribution >= 4 is 11.6 Å². The fourth-order valence-electron chi connectivity index (χ4n) is 2.30. The molecule has 2 nitrogen and oxygen atoms in total. The van der Waals surface area contributed by atoms with Crippen molar-refractivity contribution in [2.24, 2.45) is 5.73 Å². The maximum absolute atomic E-state index is 13.5. The Morgan fingerprint density at radius 1 is 1.16 bits per heavy atom. The lowest BCUT2D eigenvalue weighted by molar-refractivity contribution is 0.357. The number of hydrogen-bond acceptors (Lipinski definition) is 2. The number of rotatable bonds is 2. The molecular formula is C15H13ClFNO. The molecule has 0 fully saturated rings. The van der Waals surface area contributed by atoms with Crippen LogP contribution in [-0.2, 0) is 6.42 Å². The van der Waals surface area contributed by atoms with Gasteiger partial charge in [-0.1, -0.05) is 29.8 Å². The number of fused-ring (bicyclic) bond motifs is 1. The van der Waals surface area contributed by atoms with E-state index in [2.05, 4.69) is 0 Å². The first-order chi connectivity index (χ1) is 9.15. The van der Waals surface area contributed by atoms with E-state index in [4.69, 9.17) is 22.1 Å². The molecule has 1 atom stereocenters. The van der Waals surface area contributed by atoms with Gasteiger partial charge in [0.2, 0.25) is 0 Å². The van der Waals surface area contributed by atoms with E-state index in [1.165, 1.54) is 12.1 Å². The SMILES string of the molecule is NC(c1ccc(Cl)c(F)c1)c1ccc2c(c1)CCO2. The Labute approximate surface area is 115 Å². The van der Waals surface area contributed by atoms with Crippen LogP contribution in [0.25, 0.3) is 0 Å². The molecule has 2 N–H and O–H groups in total. The van der Waals surface area contributed by atoms with Crippen molar-refractivity contribution in [3.05, 3.63) is 63.9 Å². The van der Waals surface area contributed by atoms with Gasteiger partial charge in [0.15, 0.2) is 0 Å². The van der Waals surface area contributed by atoms with Crippen molar-refractivity contribution in [2.75, 3.05) is 6.61 Å². The molecule has 4 heteroatoms. The Morgan fingerprint density at radius 2 is 1.89 bits per heavy atom. The molecule has 2 aromatic rings. The summed E-state index contributed by atoms with van der Waals surface area (Å²) in [4.78, 5) is 0. The minimum absolute atomic E-state index is 0.110. The lowest BCUT2D eigenvalue weighted by atomic mass is 9.97. The largest absolute Gasteiger partial charge is 0.493 e. The molecule has 0 aliphatic carbocycles. The van der Waals surface area contributed by atoms with Crippen LogP contribution in [-0.4, -0.2) is 6.61 Å². The molecule has 1 aliphatic rings. The molecule has 2 aromatic carbocycles. The van der Waals surface area contributed by atoms with Gasteiger partial charge in [0.25, 0.3) is 0 Å². The highest BCUT2D eigenvalue weighted by Crippen LogP contribution is 2.30. The molecule has 0 bridgehead atoms. The van der Waals surface area contributed by atoms with Crippen molar-refractivity contribution in [1.82, 2.24) is 0 Å². The molecule has 1 unspecified atom stereocenters. The van der Waals surface area contributed by atoms with Gasteiger partial charge < -0.3 is 10.5 Å². The summed E-state index contributed by atoms with van der Waals surface area (Å²) >= 11 is 5.68. The Hall–Kier alpha value is -1.58. The Bertz CT molecular complexity index is 630. The van der Waals surface area contributed by atoms with E-state index in [0.717, 1.165) is 23.3 Å². The number of nitrogens with two attached hydrogens (primary N) is 1. The maximum Gasteiger partial charge on any atom is 0.142 e. The van der Waals surface area contributed by atoms with Crippen molar-refractivity contribution in [3.8, 4) is 5.75 Å². The van der Waals surface area contributed by atoms with Crippen molar-refractivity contribution in [2.45, 2.75) is 12.5 Å². The summed E-state index contributed by atoms with van der Waals surface area (Å²) in [6.07, 6.45) is 0.894. The second-order valence-electron chi connectivity index (χ2n) is 4.62. The fraction of sp³-hybridized carbons (Fsp3) is 0.200. The Kier molecular flexibility index (Phi) is 3.17. The van der Waals surface area contributed by atoms with Crippen LogP contribution < -0.4 is 10.5 Å². The second-order valence-corrected chi connectivity index (χ2v) is 5.02. The summed E-state index contributed by atoms with van der Waals surface area (Å²) < 4.78 is 18.9. The highest BCUT2D eigenvalue weighted by Gasteiger charge is 2.16. The summed E-state index contributed by atoms with van der Waals surface area (Å²) in [5, 5.41) is 0.110. The van der Waals surface area contributed by atoms with Crippen molar-refractivity contribution in [1.29, 1.82) is 0 Å². The zero-order valence-corrected chi connectivity index (χ0v) is 11.0. The molecular weight excluding hydrogens is 265 g/mol. The van der Waals surface area contributed by atoms with Crippen LogP contribution in [0.15, 0.2) is 36.4 Å². The average Bonchev–Trinajstić information content (AvgIpc) is 2.88. The highest BCUT2D eigenvalue weighted by atomic mass is 35.5. The van der Waals surface area contributed by atoms with E-state index in [9.17, 15) is 4.39 Å². The average molecular weight is 278 g/mol. The van der Waals surface area contributed by atoms with Crippen LogP contribution in [0, 0.1) is 5.82 Å². The third kappa shape index (κ3) is 2.31. The van der Waals surface area contributed by atoms with E-state index < -0.39 is 5.82 Å². The Balaban J connectivity index is 1.94. The van der Waals surface area contributed by atoms with E-state index in [-0.39, 0.29) is 11.1 Å². The molecule has 1 heterocycles. The number of halogens is 2. The third-order valence-electron chi connectivity index (χ3n) is 3.38. The van der Waals surface area contributed by atoms with E-state index in [1.807, 2.05) is 18.2 Å². The van der Waals surface area contributed by atoms with Crippen LogP contribution in [0.4, 0.5) is 4.39 Å². The Morgan fingerprint density at radius 3 is 2.68 bits per heavy atom. The summed E-state index contributed by atoms with van der Waals surface area (Å²) in [6.45, 7) is 0.712. The molecule has 1 aliphatic heterocycles. The summed E-state index contributed by atoms with van der Waals surface area (Å²) in [6, 6.07) is 10.2. The molecule has 0 amide bonds. The van der Waals surface area contributed by atoms with Gasteiger partial charge in [0.05, 0.1) is 17.7 Å². The van der Waals surface area contributed by atoms with Crippen LogP contribution in [0.3, 0.4) is 0 Å². The van der Waals surface area contributed by atoms with Crippen LogP contribution in [0.2, 0.25) is 5.02 Å².